The van der Waals surface area contributed by atoms with Gasteiger partial charge in [-0.2, -0.15) is 4.31 Å². The third-order valence-electron chi connectivity index (χ3n) is 7.46. The Labute approximate surface area is 239 Å². The molecule has 2 saturated heterocycles. The van der Waals surface area contributed by atoms with E-state index in [0.717, 1.165) is 37.0 Å². The van der Waals surface area contributed by atoms with Crippen molar-refractivity contribution in [2.24, 2.45) is 5.92 Å². The molecule has 5 rings (SSSR count). The van der Waals surface area contributed by atoms with Crippen LogP contribution in [0.4, 0.5) is 0 Å². The van der Waals surface area contributed by atoms with Crippen molar-refractivity contribution in [3.8, 4) is 5.75 Å². The summed E-state index contributed by atoms with van der Waals surface area (Å²) in [4.78, 5) is 17.6. The molecule has 3 heterocycles. The first-order valence-corrected chi connectivity index (χ1v) is 15.4. The molecule has 0 spiro atoms. The van der Waals surface area contributed by atoms with Crippen LogP contribution in [0.5, 0.6) is 5.75 Å². The van der Waals surface area contributed by atoms with E-state index < -0.39 is 16.1 Å². The summed E-state index contributed by atoms with van der Waals surface area (Å²) in [6, 6.07) is 11.6. The molecule has 208 valence electrons. The number of para-hydroxylation sites is 1. The molecule has 1 aromatic heterocycles. The second-order valence-corrected chi connectivity index (χ2v) is 12.8. The van der Waals surface area contributed by atoms with Gasteiger partial charge in [0.05, 0.1) is 5.02 Å². The molecule has 1 amide bonds. The number of carbonyl (C=O) groups is 1. The molecule has 2 aliphatic rings. The van der Waals surface area contributed by atoms with Crippen LogP contribution in [0.2, 0.25) is 10.0 Å². The number of nitrogens with zero attached hydrogens (tertiary/aromatic N) is 2. The van der Waals surface area contributed by atoms with Crippen LogP contribution >= 0.6 is 23.2 Å². The first kappa shape index (κ1) is 28.1. The van der Waals surface area contributed by atoms with Gasteiger partial charge in [0.25, 0.3) is 0 Å². The summed E-state index contributed by atoms with van der Waals surface area (Å²) < 4.78 is 34.9. The van der Waals surface area contributed by atoms with Gasteiger partial charge in [-0.3, -0.25) is 4.79 Å². The Morgan fingerprint density at radius 2 is 1.92 bits per heavy atom. The third kappa shape index (κ3) is 6.02. The zero-order chi connectivity index (χ0) is 27.6. The van der Waals surface area contributed by atoms with Gasteiger partial charge in [0, 0.05) is 34.8 Å². The van der Waals surface area contributed by atoms with Crippen LogP contribution in [-0.2, 0) is 21.4 Å². The first-order valence-electron chi connectivity index (χ1n) is 13.2. The molecule has 0 saturated carbocycles. The predicted octanol–water partition coefficient (Wildman–Crippen LogP) is 4.70. The summed E-state index contributed by atoms with van der Waals surface area (Å²) in [5.41, 5.74) is 1.90. The van der Waals surface area contributed by atoms with Crippen molar-refractivity contribution in [2.45, 2.75) is 50.2 Å². The number of piperidine rings is 1. The number of hydrogen-bond donors (Lipinski definition) is 2. The molecule has 2 aliphatic heterocycles. The second-order valence-electron chi connectivity index (χ2n) is 10.1. The Hall–Kier alpha value is -2.43. The molecular formula is C28H32Cl2N4O4S. The average molecular weight is 592 g/mol. The van der Waals surface area contributed by atoms with Gasteiger partial charge in [-0.1, -0.05) is 41.4 Å². The van der Waals surface area contributed by atoms with Crippen LogP contribution in [0.15, 0.2) is 47.4 Å². The minimum absolute atomic E-state index is 0.00681. The summed E-state index contributed by atoms with van der Waals surface area (Å²) in [6.07, 6.45) is 3.05. The summed E-state index contributed by atoms with van der Waals surface area (Å²) in [5, 5.41) is 7.50. The van der Waals surface area contributed by atoms with Crippen molar-refractivity contribution in [3.05, 3.63) is 63.8 Å². The lowest BCUT2D eigenvalue weighted by Crippen LogP contribution is -2.47. The van der Waals surface area contributed by atoms with E-state index in [1.54, 1.807) is 6.07 Å². The second kappa shape index (κ2) is 12.0. The van der Waals surface area contributed by atoms with Crippen LogP contribution in [-0.4, -0.2) is 55.8 Å². The molecule has 0 bridgehead atoms. The smallest absolute Gasteiger partial charge is 0.245 e. The number of pyridine rings is 1. The number of nitrogens with one attached hydrogen (secondary N) is 2. The number of halogens is 2. The number of carbonyl (C=O) groups excluding carboxylic acids is 1. The highest BCUT2D eigenvalue weighted by atomic mass is 35.5. The van der Waals surface area contributed by atoms with Gasteiger partial charge in [0.1, 0.15) is 28.8 Å². The Morgan fingerprint density at radius 1 is 1.13 bits per heavy atom. The maximum Gasteiger partial charge on any atom is 0.245 e. The lowest BCUT2D eigenvalue weighted by Gasteiger charge is -2.26. The quantitative estimate of drug-likeness (QED) is 0.394. The zero-order valence-electron chi connectivity index (χ0n) is 21.8. The van der Waals surface area contributed by atoms with Crippen molar-refractivity contribution >= 4 is 50.0 Å². The maximum atomic E-state index is 13.8. The molecule has 2 N–H and O–H groups in total. The van der Waals surface area contributed by atoms with E-state index in [2.05, 4.69) is 15.6 Å². The fourth-order valence-electron chi connectivity index (χ4n) is 5.26. The Balaban J connectivity index is 1.35. The number of benzene rings is 2. The van der Waals surface area contributed by atoms with Crippen molar-refractivity contribution in [1.29, 1.82) is 0 Å². The zero-order valence-corrected chi connectivity index (χ0v) is 24.1. The van der Waals surface area contributed by atoms with Crippen molar-refractivity contribution in [3.63, 3.8) is 0 Å². The van der Waals surface area contributed by atoms with Gasteiger partial charge in [-0.15, -0.1) is 0 Å². The summed E-state index contributed by atoms with van der Waals surface area (Å²) >= 11 is 13.1. The lowest BCUT2D eigenvalue weighted by atomic mass is 9.98. The molecule has 1 atom stereocenters. The first-order chi connectivity index (χ1) is 18.8. The minimum Gasteiger partial charge on any atom is -0.487 e. The van der Waals surface area contributed by atoms with E-state index in [0.29, 0.717) is 47.2 Å². The van der Waals surface area contributed by atoms with Crippen LogP contribution in [0.1, 0.15) is 36.9 Å². The number of hydrogen-bond acceptors (Lipinski definition) is 6. The van der Waals surface area contributed by atoms with Gasteiger partial charge < -0.3 is 15.4 Å². The number of fused-ring (bicyclic) bond motifs is 1. The van der Waals surface area contributed by atoms with Crippen LogP contribution < -0.4 is 15.4 Å². The van der Waals surface area contributed by atoms with Gasteiger partial charge in [-0.25, -0.2) is 13.4 Å². The molecule has 39 heavy (non-hydrogen) atoms. The molecule has 0 aliphatic carbocycles. The lowest BCUT2D eigenvalue weighted by molar-refractivity contribution is -0.124. The highest BCUT2D eigenvalue weighted by Gasteiger charge is 2.40. The Morgan fingerprint density at radius 3 is 2.72 bits per heavy atom. The molecule has 2 aromatic carbocycles. The molecule has 2 fully saturated rings. The van der Waals surface area contributed by atoms with Crippen LogP contribution in [0, 0.1) is 12.8 Å². The van der Waals surface area contributed by atoms with Gasteiger partial charge in [0.15, 0.2) is 0 Å². The minimum atomic E-state index is -4.07. The van der Waals surface area contributed by atoms with E-state index >= 15 is 0 Å². The van der Waals surface area contributed by atoms with Crippen molar-refractivity contribution in [1.82, 2.24) is 19.9 Å². The summed E-state index contributed by atoms with van der Waals surface area (Å²) in [6.45, 7) is 4.52. The fraction of sp³-hybridized carbons (Fsp3) is 0.429. The van der Waals surface area contributed by atoms with Crippen molar-refractivity contribution < 1.29 is 17.9 Å². The monoisotopic (exact) mass is 590 g/mol. The van der Waals surface area contributed by atoms with E-state index in [1.165, 1.54) is 16.4 Å². The van der Waals surface area contributed by atoms with Crippen LogP contribution in [0.3, 0.4) is 0 Å². The molecule has 11 heteroatoms. The van der Waals surface area contributed by atoms with Gasteiger partial charge in [0.2, 0.25) is 15.9 Å². The SMILES string of the molecule is Cc1ccc2cccc(OCc3c(Cl)ccc(S(=O)(=O)N4CCC[C@H]4C(=O)NCC4CCNCC4)c3Cl)c2n1. The van der Waals surface area contributed by atoms with E-state index in [4.69, 9.17) is 27.9 Å². The molecule has 0 radical (unpaired) electrons. The highest BCUT2D eigenvalue weighted by molar-refractivity contribution is 7.89. The van der Waals surface area contributed by atoms with Crippen molar-refractivity contribution in [2.75, 3.05) is 26.2 Å². The molecular weight excluding hydrogens is 559 g/mol. The number of sulfonamides is 1. The third-order valence-corrected chi connectivity index (χ3v) is 10.3. The molecule has 8 nitrogen and oxygen atoms in total. The maximum absolute atomic E-state index is 13.8. The number of rotatable bonds is 8. The highest BCUT2D eigenvalue weighted by Crippen LogP contribution is 2.36. The predicted molar refractivity (Wildman–Crippen MR) is 153 cm³/mol. The number of ether oxygens (including phenoxy) is 1. The number of aromatic nitrogens is 1. The Bertz CT molecular complexity index is 1480. The summed E-state index contributed by atoms with van der Waals surface area (Å²) in [7, 11) is -4.07. The standard InChI is InChI=1S/C28H32Cl2N4O4S/c1-18-7-8-20-4-2-6-24(27(20)33-18)38-17-21-22(29)9-10-25(26(21)30)39(36,37)34-15-3-5-23(34)28(35)32-16-19-11-13-31-14-12-19/h2,4,6-10,19,23,31H,3,5,11-17H2,1H3,(H,32,35)/t23-/m0/s1. The van der Waals surface area contributed by atoms with Gasteiger partial charge >= 0.3 is 0 Å². The fourth-order valence-corrected chi connectivity index (χ4v) is 7.78. The topological polar surface area (TPSA) is 101 Å². The average Bonchev–Trinajstić information content (AvgIpc) is 3.43. The molecule has 3 aromatic rings. The molecule has 0 unspecified atom stereocenters. The van der Waals surface area contributed by atoms with Gasteiger partial charge in [-0.05, 0) is 75.9 Å². The number of amides is 1. The summed E-state index contributed by atoms with van der Waals surface area (Å²) in [5.74, 6) is 0.680. The Kier molecular flexibility index (Phi) is 8.63. The van der Waals surface area contributed by atoms with E-state index in [9.17, 15) is 13.2 Å². The normalized spacial score (nSPS) is 18.9. The number of aryl methyl sites for hydroxylation is 1. The van der Waals surface area contributed by atoms with Crippen LogP contribution in [0.25, 0.3) is 10.9 Å². The van der Waals surface area contributed by atoms with E-state index in [-0.39, 0.29) is 29.0 Å². The van der Waals surface area contributed by atoms with E-state index in [1.807, 2.05) is 31.2 Å². The largest absolute Gasteiger partial charge is 0.487 e.